The van der Waals surface area contributed by atoms with Gasteiger partial charge in [-0.05, 0) is 54.3 Å². The fraction of sp³-hybridized carbons (Fsp3) is 0.263. The number of aliphatic carboxylic acids is 1. The lowest BCUT2D eigenvalue weighted by atomic mass is 10.1. The summed E-state index contributed by atoms with van der Waals surface area (Å²) in [6.45, 7) is -0.391. The molecule has 0 radical (unpaired) electrons. The van der Waals surface area contributed by atoms with Crippen molar-refractivity contribution in [3.05, 3.63) is 59.1 Å². The lowest BCUT2D eigenvalue weighted by molar-refractivity contribution is -0.139. The van der Waals surface area contributed by atoms with Crippen LogP contribution in [0.2, 0.25) is 5.02 Å². The second kappa shape index (κ2) is 7.15. The minimum atomic E-state index is -1.03. The van der Waals surface area contributed by atoms with Crippen molar-refractivity contribution in [1.29, 1.82) is 0 Å². The second-order valence-corrected chi connectivity index (χ2v) is 6.51. The molecule has 0 aromatic heterocycles. The van der Waals surface area contributed by atoms with Gasteiger partial charge in [-0.15, -0.1) is 0 Å². The van der Waals surface area contributed by atoms with E-state index in [-0.39, 0.29) is 17.7 Å². The zero-order chi connectivity index (χ0) is 18.0. The maximum absolute atomic E-state index is 12.7. The molecule has 6 heteroatoms. The highest BCUT2D eigenvalue weighted by atomic mass is 35.5. The van der Waals surface area contributed by atoms with E-state index in [2.05, 4.69) is 0 Å². The molecule has 1 fully saturated rings. The van der Waals surface area contributed by atoms with Crippen LogP contribution in [0, 0.1) is 5.92 Å². The molecule has 0 saturated heterocycles. The predicted molar refractivity (Wildman–Crippen MR) is 95.3 cm³/mol. The molecule has 1 N–H and O–H groups in total. The van der Waals surface area contributed by atoms with Gasteiger partial charge in [0.2, 0.25) is 5.91 Å². The van der Waals surface area contributed by atoms with Crippen molar-refractivity contribution in [3.8, 4) is 5.75 Å². The first-order valence-electron chi connectivity index (χ1n) is 7.93. The van der Waals surface area contributed by atoms with E-state index in [0.29, 0.717) is 10.8 Å². The molecule has 1 aliphatic carbocycles. The molecule has 1 amide bonds. The number of hydrogen-bond acceptors (Lipinski definition) is 3. The number of anilines is 1. The fourth-order valence-corrected chi connectivity index (χ4v) is 3.06. The molecule has 0 bridgehead atoms. The molecule has 2 aromatic rings. The number of carbonyl (C=O) groups excluding carboxylic acids is 1. The number of amides is 1. The molecule has 0 aliphatic heterocycles. The van der Waals surface area contributed by atoms with Gasteiger partial charge in [-0.2, -0.15) is 0 Å². The van der Waals surface area contributed by atoms with Crippen LogP contribution in [0.4, 0.5) is 5.69 Å². The van der Waals surface area contributed by atoms with Crippen LogP contribution in [0.5, 0.6) is 5.75 Å². The number of rotatable bonds is 6. The standard InChI is InChI=1S/C19H18ClNO4/c1-21(14-5-7-15(8-6-14)25-11-18(22)23)19(24)17-10-16(17)12-3-2-4-13(20)9-12/h2-9,16-17H,10-11H2,1H3,(H,22,23). The van der Waals surface area contributed by atoms with Gasteiger partial charge in [0, 0.05) is 23.7 Å². The van der Waals surface area contributed by atoms with Crippen molar-refractivity contribution in [2.24, 2.45) is 5.92 Å². The summed E-state index contributed by atoms with van der Waals surface area (Å²) in [6, 6.07) is 14.4. The van der Waals surface area contributed by atoms with Gasteiger partial charge >= 0.3 is 5.97 Å². The van der Waals surface area contributed by atoms with Crippen molar-refractivity contribution in [2.45, 2.75) is 12.3 Å². The summed E-state index contributed by atoms with van der Waals surface area (Å²) in [6.07, 6.45) is 0.823. The number of carboxylic acid groups (broad SMARTS) is 1. The average Bonchev–Trinajstić information content (AvgIpc) is 3.40. The Morgan fingerprint density at radius 3 is 2.60 bits per heavy atom. The van der Waals surface area contributed by atoms with Gasteiger partial charge in [-0.1, -0.05) is 23.7 Å². The highest BCUT2D eigenvalue weighted by Gasteiger charge is 2.45. The van der Waals surface area contributed by atoms with Crippen LogP contribution < -0.4 is 9.64 Å². The number of nitrogens with zero attached hydrogens (tertiary/aromatic N) is 1. The topological polar surface area (TPSA) is 66.8 Å². The van der Waals surface area contributed by atoms with Crippen LogP contribution in [-0.2, 0) is 9.59 Å². The van der Waals surface area contributed by atoms with E-state index in [4.69, 9.17) is 21.4 Å². The Labute approximate surface area is 150 Å². The maximum atomic E-state index is 12.7. The van der Waals surface area contributed by atoms with Crippen LogP contribution in [0.3, 0.4) is 0 Å². The molecular formula is C19H18ClNO4. The quantitative estimate of drug-likeness (QED) is 0.856. The van der Waals surface area contributed by atoms with Gasteiger partial charge < -0.3 is 14.7 Å². The molecule has 2 aromatic carbocycles. The SMILES string of the molecule is CN(C(=O)C1CC1c1cccc(Cl)c1)c1ccc(OCC(=O)O)cc1. The number of halogens is 1. The van der Waals surface area contributed by atoms with Crippen LogP contribution in [0.25, 0.3) is 0 Å². The molecule has 0 heterocycles. The fourth-order valence-electron chi connectivity index (χ4n) is 2.86. The third-order valence-electron chi connectivity index (χ3n) is 4.30. The Bertz CT molecular complexity index is 790. The summed E-state index contributed by atoms with van der Waals surface area (Å²) in [7, 11) is 1.74. The molecule has 2 atom stereocenters. The number of hydrogen-bond donors (Lipinski definition) is 1. The first kappa shape index (κ1) is 17.3. The summed E-state index contributed by atoms with van der Waals surface area (Å²) in [4.78, 5) is 24.8. The third-order valence-corrected chi connectivity index (χ3v) is 4.54. The summed E-state index contributed by atoms with van der Waals surface area (Å²) in [5, 5.41) is 9.29. The Kier molecular flexibility index (Phi) is 4.95. The van der Waals surface area contributed by atoms with Crippen molar-refractivity contribution >= 4 is 29.2 Å². The van der Waals surface area contributed by atoms with Crippen LogP contribution in [0.1, 0.15) is 17.9 Å². The summed E-state index contributed by atoms with van der Waals surface area (Å²) in [5.74, 6) is -0.338. The van der Waals surface area contributed by atoms with E-state index in [0.717, 1.165) is 17.7 Å². The molecule has 5 nitrogen and oxygen atoms in total. The van der Waals surface area contributed by atoms with Crippen LogP contribution >= 0.6 is 11.6 Å². The Hall–Kier alpha value is -2.53. The van der Waals surface area contributed by atoms with Gasteiger partial charge in [0.05, 0.1) is 0 Å². The summed E-state index contributed by atoms with van der Waals surface area (Å²) < 4.78 is 5.09. The molecule has 25 heavy (non-hydrogen) atoms. The number of ether oxygens (including phenoxy) is 1. The van der Waals surface area contributed by atoms with Gasteiger partial charge in [-0.3, -0.25) is 4.79 Å². The molecule has 1 saturated carbocycles. The van der Waals surface area contributed by atoms with Crippen LogP contribution in [-0.4, -0.2) is 30.6 Å². The Morgan fingerprint density at radius 2 is 1.96 bits per heavy atom. The van der Waals surface area contributed by atoms with E-state index in [9.17, 15) is 9.59 Å². The number of carbonyl (C=O) groups is 2. The summed E-state index contributed by atoms with van der Waals surface area (Å²) >= 11 is 6.02. The van der Waals surface area contributed by atoms with Crippen molar-refractivity contribution in [3.63, 3.8) is 0 Å². The maximum Gasteiger partial charge on any atom is 0.341 e. The van der Waals surface area contributed by atoms with Gasteiger partial charge in [0.15, 0.2) is 6.61 Å². The smallest absolute Gasteiger partial charge is 0.341 e. The van der Waals surface area contributed by atoms with E-state index in [1.165, 1.54) is 0 Å². The molecular weight excluding hydrogens is 342 g/mol. The first-order valence-corrected chi connectivity index (χ1v) is 8.31. The van der Waals surface area contributed by atoms with Gasteiger partial charge in [-0.25, -0.2) is 4.79 Å². The summed E-state index contributed by atoms with van der Waals surface area (Å²) in [5.41, 5.74) is 1.83. The lowest BCUT2D eigenvalue weighted by Crippen LogP contribution is -2.28. The van der Waals surface area contributed by atoms with Gasteiger partial charge in [0.25, 0.3) is 0 Å². The number of benzene rings is 2. The molecule has 1 aliphatic rings. The number of carboxylic acids is 1. The highest BCUT2D eigenvalue weighted by Crippen LogP contribution is 2.49. The normalized spacial score (nSPS) is 18.5. The molecule has 3 rings (SSSR count). The van der Waals surface area contributed by atoms with E-state index < -0.39 is 12.6 Å². The zero-order valence-corrected chi connectivity index (χ0v) is 14.4. The monoisotopic (exact) mass is 359 g/mol. The van der Waals surface area contributed by atoms with E-state index in [1.54, 1.807) is 36.2 Å². The minimum Gasteiger partial charge on any atom is -0.482 e. The van der Waals surface area contributed by atoms with Gasteiger partial charge in [0.1, 0.15) is 5.75 Å². The van der Waals surface area contributed by atoms with E-state index >= 15 is 0 Å². The van der Waals surface area contributed by atoms with E-state index in [1.807, 2.05) is 24.3 Å². The first-order chi connectivity index (χ1) is 12.0. The average molecular weight is 360 g/mol. The third kappa shape index (κ3) is 4.12. The Morgan fingerprint density at radius 1 is 1.24 bits per heavy atom. The van der Waals surface area contributed by atoms with Crippen molar-refractivity contribution < 1.29 is 19.4 Å². The molecule has 0 spiro atoms. The predicted octanol–water partition coefficient (Wildman–Crippen LogP) is 3.57. The Balaban J connectivity index is 1.62. The largest absolute Gasteiger partial charge is 0.482 e. The van der Waals surface area contributed by atoms with Crippen LogP contribution in [0.15, 0.2) is 48.5 Å². The highest BCUT2D eigenvalue weighted by molar-refractivity contribution is 6.30. The zero-order valence-electron chi connectivity index (χ0n) is 13.7. The minimum absolute atomic E-state index is 0.0357. The lowest BCUT2D eigenvalue weighted by Gasteiger charge is -2.18. The second-order valence-electron chi connectivity index (χ2n) is 6.08. The molecule has 2 unspecified atom stereocenters. The van der Waals surface area contributed by atoms with Crippen molar-refractivity contribution in [1.82, 2.24) is 0 Å². The molecule has 130 valence electrons. The van der Waals surface area contributed by atoms with Crippen molar-refractivity contribution in [2.75, 3.05) is 18.6 Å².